The Kier molecular flexibility index (Phi) is 36.1. The summed E-state index contributed by atoms with van der Waals surface area (Å²) in [4.78, 5) is 25.3. The van der Waals surface area contributed by atoms with E-state index in [4.69, 9.17) is 18.9 Å². The van der Waals surface area contributed by atoms with Gasteiger partial charge in [0.2, 0.25) is 0 Å². The molecule has 6 unspecified atom stereocenters. The van der Waals surface area contributed by atoms with Crippen LogP contribution in [0.1, 0.15) is 168 Å². The standard InChI is InChI=1S/C49H82O10/c1-3-5-7-9-11-13-15-17-19-20-21-22-24-25-27-29-31-33-35-37-44(51)56-40-42(41-57-49-48(55)47(54)46(53)43(39-50)59-49)58-45(52)38-36-34-32-30-28-26-23-18-16-14-12-10-8-6-4-2/h6,8,12,14,17-19,23,28,30,34,36,42-43,46-50,53-55H,3-5,7,9-11,13,15-16,20-22,24-27,29,31-33,35,37-41H2,1-2H3/b8-6-,14-12-,19-17-,23-18-,30-28-,36-34-. The Morgan fingerprint density at radius 2 is 1.05 bits per heavy atom. The lowest BCUT2D eigenvalue weighted by Crippen LogP contribution is -2.59. The van der Waals surface area contributed by atoms with Gasteiger partial charge in [0, 0.05) is 6.42 Å². The summed E-state index contributed by atoms with van der Waals surface area (Å²) in [7, 11) is 0. The van der Waals surface area contributed by atoms with Crippen molar-refractivity contribution in [3.63, 3.8) is 0 Å². The minimum Gasteiger partial charge on any atom is -0.462 e. The number of carbonyl (C=O) groups excluding carboxylic acids is 2. The van der Waals surface area contributed by atoms with Crippen molar-refractivity contribution in [3.8, 4) is 0 Å². The van der Waals surface area contributed by atoms with Gasteiger partial charge in [-0.05, 0) is 64.2 Å². The highest BCUT2D eigenvalue weighted by molar-refractivity contribution is 5.71. The van der Waals surface area contributed by atoms with Crippen LogP contribution in [0, 0.1) is 0 Å². The van der Waals surface area contributed by atoms with E-state index in [1.807, 2.05) is 12.2 Å². The molecule has 0 bridgehead atoms. The van der Waals surface area contributed by atoms with Gasteiger partial charge in [-0.25, -0.2) is 0 Å². The Labute approximate surface area is 357 Å². The van der Waals surface area contributed by atoms with Gasteiger partial charge in [0.1, 0.15) is 31.0 Å². The van der Waals surface area contributed by atoms with Gasteiger partial charge in [-0.3, -0.25) is 9.59 Å². The van der Waals surface area contributed by atoms with Crippen molar-refractivity contribution in [2.24, 2.45) is 0 Å². The van der Waals surface area contributed by atoms with E-state index in [-0.39, 0.29) is 26.1 Å². The SMILES string of the molecule is CC/C=C\C/C=C\C/C=C\C/C=C\C/C=C\CC(=O)OC(COC(=O)CCCCCCCCCCC/C=C\CCCCCCCC)COC1OC(CO)C(O)C(O)C1O. The number of carbonyl (C=O) groups is 2. The van der Waals surface area contributed by atoms with Crippen LogP contribution in [-0.2, 0) is 28.5 Å². The second-order valence-electron chi connectivity index (χ2n) is 15.5. The average molecular weight is 831 g/mol. The summed E-state index contributed by atoms with van der Waals surface area (Å²) >= 11 is 0. The van der Waals surface area contributed by atoms with E-state index < -0.39 is 55.4 Å². The lowest BCUT2D eigenvalue weighted by atomic mass is 9.99. The first kappa shape index (κ1) is 54.2. The lowest BCUT2D eigenvalue weighted by Gasteiger charge is -2.39. The molecule has 6 atom stereocenters. The molecule has 0 aliphatic carbocycles. The van der Waals surface area contributed by atoms with Gasteiger partial charge in [-0.1, -0.05) is 164 Å². The molecule has 1 saturated heterocycles. The summed E-state index contributed by atoms with van der Waals surface area (Å²) < 4.78 is 22.0. The highest BCUT2D eigenvalue weighted by Crippen LogP contribution is 2.22. The van der Waals surface area contributed by atoms with E-state index >= 15 is 0 Å². The zero-order valence-corrected chi connectivity index (χ0v) is 36.7. The maximum absolute atomic E-state index is 12.7. The number of esters is 2. The molecule has 0 aromatic rings. The zero-order chi connectivity index (χ0) is 43.0. The predicted octanol–water partition coefficient (Wildman–Crippen LogP) is 10.00. The highest BCUT2D eigenvalue weighted by atomic mass is 16.7. The number of allylic oxidation sites excluding steroid dienone is 11. The summed E-state index contributed by atoms with van der Waals surface area (Å²) in [5.41, 5.74) is 0. The summed E-state index contributed by atoms with van der Waals surface area (Å²) in [5.74, 6) is -0.960. The normalized spacial score (nSPS) is 20.7. The molecule has 1 aliphatic heterocycles. The molecule has 0 saturated carbocycles. The molecule has 1 heterocycles. The molecule has 1 rings (SSSR count). The van der Waals surface area contributed by atoms with Crippen LogP contribution in [-0.4, -0.2) is 89.0 Å². The van der Waals surface area contributed by atoms with Gasteiger partial charge in [0.15, 0.2) is 12.4 Å². The van der Waals surface area contributed by atoms with E-state index in [0.717, 1.165) is 44.9 Å². The molecule has 0 spiro atoms. The zero-order valence-electron chi connectivity index (χ0n) is 36.7. The van der Waals surface area contributed by atoms with Gasteiger partial charge < -0.3 is 39.4 Å². The third-order valence-corrected chi connectivity index (χ3v) is 10.1. The molecule has 0 aromatic heterocycles. The summed E-state index contributed by atoms with van der Waals surface area (Å²) in [6.07, 6.45) is 42.2. The van der Waals surface area contributed by atoms with Crippen LogP contribution in [0.4, 0.5) is 0 Å². The number of ether oxygens (including phenoxy) is 4. The van der Waals surface area contributed by atoms with Crippen LogP contribution in [0.3, 0.4) is 0 Å². The van der Waals surface area contributed by atoms with E-state index in [9.17, 15) is 30.0 Å². The van der Waals surface area contributed by atoms with Crippen LogP contribution < -0.4 is 0 Å². The number of aliphatic hydroxyl groups excluding tert-OH is 4. The van der Waals surface area contributed by atoms with Crippen LogP contribution in [0.5, 0.6) is 0 Å². The van der Waals surface area contributed by atoms with Crippen molar-refractivity contribution < 1.29 is 49.0 Å². The summed E-state index contributed by atoms with van der Waals surface area (Å²) in [6, 6.07) is 0. The van der Waals surface area contributed by atoms with Crippen LogP contribution in [0.2, 0.25) is 0 Å². The van der Waals surface area contributed by atoms with Gasteiger partial charge in [0.05, 0.1) is 19.6 Å². The quantitative estimate of drug-likeness (QED) is 0.0271. The van der Waals surface area contributed by atoms with Crippen LogP contribution in [0.25, 0.3) is 0 Å². The van der Waals surface area contributed by atoms with Crippen molar-refractivity contribution in [2.75, 3.05) is 19.8 Å². The smallest absolute Gasteiger partial charge is 0.310 e. The molecular weight excluding hydrogens is 749 g/mol. The molecule has 10 nitrogen and oxygen atoms in total. The van der Waals surface area contributed by atoms with Gasteiger partial charge in [-0.2, -0.15) is 0 Å². The molecule has 1 fully saturated rings. The Balaban J connectivity index is 2.36. The number of aliphatic hydroxyl groups is 4. The maximum atomic E-state index is 12.7. The minimum atomic E-state index is -1.61. The Morgan fingerprint density at radius 3 is 1.58 bits per heavy atom. The summed E-state index contributed by atoms with van der Waals surface area (Å²) in [5, 5.41) is 40.1. The van der Waals surface area contributed by atoms with Crippen molar-refractivity contribution >= 4 is 11.9 Å². The molecule has 0 amide bonds. The first-order valence-electron chi connectivity index (χ1n) is 23.0. The molecule has 338 valence electrons. The van der Waals surface area contributed by atoms with Gasteiger partial charge in [0.25, 0.3) is 0 Å². The Hall–Kier alpha value is -2.86. The minimum absolute atomic E-state index is 0.00524. The van der Waals surface area contributed by atoms with E-state index in [1.165, 1.54) is 83.5 Å². The third-order valence-electron chi connectivity index (χ3n) is 10.1. The molecular formula is C49H82O10. The summed E-state index contributed by atoms with van der Waals surface area (Å²) in [6.45, 7) is 3.20. The highest BCUT2D eigenvalue weighted by Gasteiger charge is 2.44. The fourth-order valence-corrected chi connectivity index (χ4v) is 6.49. The second kappa shape index (κ2) is 39.3. The van der Waals surface area contributed by atoms with Crippen molar-refractivity contribution in [1.29, 1.82) is 0 Å². The fraction of sp³-hybridized carbons (Fsp3) is 0.714. The fourth-order valence-electron chi connectivity index (χ4n) is 6.49. The van der Waals surface area contributed by atoms with E-state index in [1.54, 1.807) is 6.08 Å². The third kappa shape index (κ3) is 30.8. The molecule has 0 aromatic carbocycles. The Morgan fingerprint density at radius 1 is 0.559 bits per heavy atom. The number of hydrogen-bond acceptors (Lipinski definition) is 10. The number of rotatable bonds is 37. The second-order valence-corrected chi connectivity index (χ2v) is 15.5. The number of hydrogen-bond donors (Lipinski definition) is 4. The molecule has 10 heteroatoms. The van der Waals surface area contributed by atoms with Crippen molar-refractivity contribution in [2.45, 2.75) is 205 Å². The lowest BCUT2D eigenvalue weighted by molar-refractivity contribution is -0.305. The molecule has 0 radical (unpaired) electrons. The molecule has 1 aliphatic rings. The predicted molar refractivity (Wildman–Crippen MR) is 238 cm³/mol. The van der Waals surface area contributed by atoms with E-state index in [2.05, 4.69) is 68.5 Å². The first-order chi connectivity index (χ1) is 28.8. The number of unbranched alkanes of at least 4 members (excludes halogenated alkanes) is 15. The molecule has 59 heavy (non-hydrogen) atoms. The van der Waals surface area contributed by atoms with Gasteiger partial charge >= 0.3 is 11.9 Å². The van der Waals surface area contributed by atoms with Crippen LogP contribution >= 0.6 is 0 Å². The van der Waals surface area contributed by atoms with Crippen LogP contribution in [0.15, 0.2) is 72.9 Å². The topological polar surface area (TPSA) is 152 Å². The Bertz CT molecular complexity index is 1190. The average Bonchev–Trinajstić information content (AvgIpc) is 3.23. The van der Waals surface area contributed by atoms with Crippen molar-refractivity contribution in [1.82, 2.24) is 0 Å². The van der Waals surface area contributed by atoms with E-state index in [0.29, 0.717) is 12.8 Å². The molecule has 4 N–H and O–H groups in total. The van der Waals surface area contributed by atoms with Gasteiger partial charge in [-0.15, -0.1) is 0 Å². The largest absolute Gasteiger partial charge is 0.462 e. The first-order valence-corrected chi connectivity index (χ1v) is 23.0. The monoisotopic (exact) mass is 831 g/mol. The van der Waals surface area contributed by atoms with Crippen molar-refractivity contribution in [3.05, 3.63) is 72.9 Å². The maximum Gasteiger partial charge on any atom is 0.310 e.